The van der Waals surface area contributed by atoms with Crippen LogP contribution in [0.3, 0.4) is 0 Å². The number of rotatable bonds is 4. The predicted molar refractivity (Wildman–Crippen MR) is 79.2 cm³/mol. The molecule has 2 rings (SSSR count). The Bertz CT molecular complexity index is 368. The molecule has 0 bridgehead atoms. The van der Waals surface area contributed by atoms with E-state index >= 15 is 0 Å². The van der Waals surface area contributed by atoms with Crippen LogP contribution in [0, 0.1) is 0 Å². The Kier molecular flexibility index (Phi) is 5.31. The molecule has 2 atom stereocenters. The molecule has 4 nitrogen and oxygen atoms in total. The Labute approximate surface area is 116 Å². The van der Waals surface area contributed by atoms with Crippen molar-refractivity contribution in [2.75, 3.05) is 40.3 Å². The van der Waals surface area contributed by atoms with Crippen molar-refractivity contribution in [3.8, 4) is 0 Å². The summed E-state index contributed by atoms with van der Waals surface area (Å²) in [6.45, 7) is 6.60. The van der Waals surface area contributed by atoms with Crippen molar-refractivity contribution in [1.82, 2.24) is 20.1 Å². The highest BCUT2D eigenvalue weighted by atomic mass is 15.2. The maximum absolute atomic E-state index is 4.28. The van der Waals surface area contributed by atoms with E-state index in [1.807, 2.05) is 18.5 Å². The van der Waals surface area contributed by atoms with Gasteiger partial charge in [0.1, 0.15) is 0 Å². The Morgan fingerprint density at radius 2 is 2.26 bits per heavy atom. The number of hydrogen-bond acceptors (Lipinski definition) is 4. The Balaban J connectivity index is 2.21. The molecule has 1 aliphatic heterocycles. The molecule has 1 N–H and O–H groups in total. The van der Waals surface area contributed by atoms with Crippen molar-refractivity contribution in [2.24, 2.45) is 0 Å². The van der Waals surface area contributed by atoms with Gasteiger partial charge >= 0.3 is 0 Å². The average Bonchev–Trinajstić information content (AvgIpc) is 2.59. The topological polar surface area (TPSA) is 31.4 Å². The van der Waals surface area contributed by atoms with Gasteiger partial charge in [0.2, 0.25) is 0 Å². The molecule has 0 aliphatic carbocycles. The van der Waals surface area contributed by atoms with Gasteiger partial charge in [-0.05, 0) is 51.8 Å². The van der Waals surface area contributed by atoms with Gasteiger partial charge in [0.15, 0.2) is 0 Å². The predicted octanol–water partition coefficient (Wildman–Crippen LogP) is 1.37. The summed E-state index contributed by atoms with van der Waals surface area (Å²) in [6.07, 6.45) is 5.08. The van der Waals surface area contributed by atoms with E-state index in [0.717, 1.165) is 19.6 Å². The molecule has 2 unspecified atom stereocenters. The molecule has 1 aromatic rings. The lowest BCUT2D eigenvalue weighted by atomic mass is 9.99. The van der Waals surface area contributed by atoms with Crippen molar-refractivity contribution in [1.29, 1.82) is 0 Å². The van der Waals surface area contributed by atoms with Crippen LogP contribution in [0.25, 0.3) is 0 Å². The molecular weight excluding hydrogens is 236 g/mol. The molecule has 4 heteroatoms. The third kappa shape index (κ3) is 3.75. The SMILES string of the molecule is CCNC(c1cccnc1)C1CN(C)CCCN1C. The molecule has 19 heavy (non-hydrogen) atoms. The molecular formula is C15H26N4. The summed E-state index contributed by atoms with van der Waals surface area (Å²) in [5.41, 5.74) is 1.29. The summed E-state index contributed by atoms with van der Waals surface area (Å²) < 4.78 is 0. The highest BCUT2D eigenvalue weighted by Gasteiger charge is 2.29. The van der Waals surface area contributed by atoms with Crippen LogP contribution in [0.5, 0.6) is 0 Å². The van der Waals surface area contributed by atoms with Crippen LogP contribution in [0.4, 0.5) is 0 Å². The molecule has 1 saturated heterocycles. The molecule has 2 heterocycles. The first-order valence-corrected chi connectivity index (χ1v) is 7.24. The Morgan fingerprint density at radius 3 is 2.95 bits per heavy atom. The van der Waals surface area contributed by atoms with Crippen molar-refractivity contribution in [3.63, 3.8) is 0 Å². The number of nitrogens with one attached hydrogen (secondary N) is 1. The number of hydrogen-bond donors (Lipinski definition) is 1. The minimum absolute atomic E-state index is 0.351. The third-order valence-corrected chi connectivity index (χ3v) is 3.97. The quantitative estimate of drug-likeness (QED) is 0.888. The van der Waals surface area contributed by atoms with Gasteiger partial charge in [-0.15, -0.1) is 0 Å². The lowest BCUT2D eigenvalue weighted by Crippen LogP contribution is -2.47. The molecule has 0 radical (unpaired) electrons. The second-order valence-electron chi connectivity index (χ2n) is 5.49. The summed E-state index contributed by atoms with van der Waals surface area (Å²) >= 11 is 0. The second-order valence-corrected chi connectivity index (χ2v) is 5.49. The molecule has 106 valence electrons. The van der Waals surface area contributed by atoms with Gasteiger partial charge < -0.3 is 15.1 Å². The largest absolute Gasteiger partial charge is 0.309 e. The van der Waals surface area contributed by atoms with Gasteiger partial charge in [-0.1, -0.05) is 13.0 Å². The Hall–Kier alpha value is -0.970. The summed E-state index contributed by atoms with van der Waals surface area (Å²) in [6, 6.07) is 5.06. The summed E-state index contributed by atoms with van der Waals surface area (Å²) in [7, 11) is 4.46. The van der Waals surface area contributed by atoms with Crippen LogP contribution in [0.1, 0.15) is 24.9 Å². The lowest BCUT2D eigenvalue weighted by Gasteiger charge is -2.35. The van der Waals surface area contributed by atoms with Crippen LogP contribution >= 0.6 is 0 Å². The van der Waals surface area contributed by atoms with E-state index in [0.29, 0.717) is 12.1 Å². The number of likely N-dealkylation sites (N-methyl/N-ethyl adjacent to an activating group) is 3. The maximum Gasteiger partial charge on any atom is 0.0505 e. The van der Waals surface area contributed by atoms with Gasteiger partial charge in [0.25, 0.3) is 0 Å². The fourth-order valence-corrected chi connectivity index (χ4v) is 2.92. The first kappa shape index (κ1) is 14.4. The van der Waals surface area contributed by atoms with E-state index in [2.05, 4.69) is 47.2 Å². The van der Waals surface area contributed by atoms with Crippen LogP contribution in [0.2, 0.25) is 0 Å². The van der Waals surface area contributed by atoms with Gasteiger partial charge in [-0.3, -0.25) is 4.98 Å². The average molecular weight is 262 g/mol. The highest BCUT2D eigenvalue weighted by Crippen LogP contribution is 2.22. The van der Waals surface area contributed by atoms with E-state index < -0.39 is 0 Å². The third-order valence-electron chi connectivity index (χ3n) is 3.97. The summed E-state index contributed by atoms with van der Waals surface area (Å²) in [5.74, 6) is 0. The van der Waals surface area contributed by atoms with Gasteiger partial charge in [0, 0.05) is 25.0 Å². The van der Waals surface area contributed by atoms with Crippen molar-refractivity contribution in [2.45, 2.75) is 25.4 Å². The van der Waals surface area contributed by atoms with E-state index in [1.54, 1.807) is 0 Å². The molecule has 1 fully saturated rings. The fraction of sp³-hybridized carbons (Fsp3) is 0.667. The number of nitrogens with zero attached hydrogens (tertiary/aromatic N) is 3. The van der Waals surface area contributed by atoms with E-state index in [1.165, 1.54) is 18.5 Å². The normalized spacial score (nSPS) is 24.1. The van der Waals surface area contributed by atoms with Gasteiger partial charge in [0.05, 0.1) is 6.04 Å². The first-order valence-electron chi connectivity index (χ1n) is 7.24. The molecule has 0 saturated carbocycles. The minimum atomic E-state index is 0.351. The zero-order valence-electron chi connectivity index (χ0n) is 12.3. The first-order chi connectivity index (χ1) is 9.22. The highest BCUT2D eigenvalue weighted by molar-refractivity contribution is 5.17. The van der Waals surface area contributed by atoms with Crippen LogP contribution in [0.15, 0.2) is 24.5 Å². The molecule has 1 aliphatic rings. The molecule has 0 spiro atoms. The van der Waals surface area contributed by atoms with Gasteiger partial charge in [-0.25, -0.2) is 0 Å². The molecule has 0 amide bonds. The summed E-state index contributed by atoms with van der Waals surface area (Å²) in [5, 5.41) is 3.64. The molecule has 1 aromatic heterocycles. The van der Waals surface area contributed by atoms with E-state index in [9.17, 15) is 0 Å². The minimum Gasteiger partial charge on any atom is -0.309 e. The zero-order valence-corrected chi connectivity index (χ0v) is 12.3. The van der Waals surface area contributed by atoms with Crippen molar-refractivity contribution < 1.29 is 0 Å². The van der Waals surface area contributed by atoms with Crippen LogP contribution in [-0.2, 0) is 0 Å². The lowest BCUT2D eigenvalue weighted by molar-refractivity contribution is 0.179. The number of pyridine rings is 1. The second kappa shape index (κ2) is 6.98. The molecule has 0 aromatic carbocycles. The van der Waals surface area contributed by atoms with Crippen molar-refractivity contribution >= 4 is 0 Å². The summed E-state index contributed by atoms with van der Waals surface area (Å²) in [4.78, 5) is 9.21. The number of aromatic nitrogens is 1. The van der Waals surface area contributed by atoms with Gasteiger partial charge in [-0.2, -0.15) is 0 Å². The standard InChI is InChI=1S/C15H26N4/c1-4-17-15(13-7-5-8-16-11-13)14-12-18(2)9-6-10-19(14)3/h5,7-8,11,14-15,17H,4,6,9-10,12H2,1-3H3. The van der Waals surface area contributed by atoms with Crippen molar-refractivity contribution in [3.05, 3.63) is 30.1 Å². The zero-order chi connectivity index (χ0) is 13.7. The maximum atomic E-state index is 4.28. The fourth-order valence-electron chi connectivity index (χ4n) is 2.92. The smallest absolute Gasteiger partial charge is 0.0505 e. The Morgan fingerprint density at radius 1 is 1.42 bits per heavy atom. The monoisotopic (exact) mass is 262 g/mol. The van der Waals surface area contributed by atoms with Crippen LogP contribution in [-0.4, -0.2) is 61.1 Å². The van der Waals surface area contributed by atoms with Crippen LogP contribution < -0.4 is 5.32 Å². The van der Waals surface area contributed by atoms with E-state index in [-0.39, 0.29) is 0 Å². The van der Waals surface area contributed by atoms with E-state index in [4.69, 9.17) is 0 Å².